The van der Waals surface area contributed by atoms with Gasteiger partial charge in [0.25, 0.3) is 5.91 Å². The van der Waals surface area contributed by atoms with Crippen LogP contribution >= 0.6 is 23.1 Å². The lowest BCUT2D eigenvalue weighted by Gasteiger charge is -2.26. The smallest absolute Gasteiger partial charge is 0.261 e. The largest absolute Gasteiger partial charge is 0.356 e. The fraction of sp³-hybridized carbons (Fsp3) is 0.632. The maximum atomic E-state index is 12.6. The van der Waals surface area contributed by atoms with Crippen LogP contribution in [0.1, 0.15) is 53.8 Å². The quantitative estimate of drug-likeness (QED) is 0.745. The molecule has 0 aromatic carbocycles. The van der Waals surface area contributed by atoms with E-state index in [4.69, 9.17) is 0 Å². The SMILES string of the molecule is CSCCCNC(=O)c1sc2ncnc(N3CCCCCCC3)c2c1C. The van der Waals surface area contributed by atoms with Gasteiger partial charge < -0.3 is 10.2 Å². The third kappa shape index (κ3) is 4.49. The molecule has 1 N–H and O–H groups in total. The molecule has 0 atom stereocenters. The summed E-state index contributed by atoms with van der Waals surface area (Å²) in [6.45, 7) is 4.83. The Morgan fingerprint density at radius 3 is 2.69 bits per heavy atom. The van der Waals surface area contributed by atoms with Crippen LogP contribution in [0.4, 0.5) is 5.82 Å². The summed E-state index contributed by atoms with van der Waals surface area (Å²) >= 11 is 3.29. The molecule has 0 radical (unpaired) electrons. The summed E-state index contributed by atoms with van der Waals surface area (Å²) in [4.78, 5) is 25.8. The first kappa shape index (κ1) is 19.4. The van der Waals surface area contributed by atoms with Crippen molar-refractivity contribution in [3.63, 3.8) is 0 Å². The predicted octanol–water partition coefficient (Wildman–Crippen LogP) is 4.25. The number of fused-ring (bicyclic) bond motifs is 1. The highest BCUT2D eigenvalue weighted by Crippen LogP contribution is 2.35. The van der Waals surface area contributed by atoms with Crippen molar-refractivity contribution < 1.29 is 4.79 Å². The van der Waals surface area contributed by atoms with Crippen LogP contribution in [0.15, 0.2) is 6.33 Å². The maximum Gasteiger partial charge on any atom is 0.261 e. The number of hydrogen-bond donors (Lipinski definition) is 1. The molecule has 3 heterocycles. The number of carbonyl (C=O) groups is 1. The van der Waals surface area contributed by atoms with Gasteiger partial charge >= 0.3 is 0 Å². The Labute approximate surface area is 164 Å². The summed E-state index contributed by atoms with van der Waals surface area (Å²) < 4.78 is 0. The van der Waals surface area contributed by atoms with Crippen molar-refractivity contribution in [2.24, 2.45) is 0 Å². The predicted molar refractivity (Wildman–Crippen MR) is 113 cm³/mol. The third-order valence-electron chi connectivity index (χ3n) is 4.88. The number of anilines is 1. The minimum Gasteiger partial charge on any atom is -0.356 e. The standard InChI is InChI=1S/C19H28N4OS2/c1-14-15-17(23-10-6-4-3-5-7-11-23)21-13-22-19(15)26-16(14)18(24)20-9-8-12-25-2/h13H,3-12H2,1-2H3,(H,20,24). The summed E-state index contributed by atoms with van der Waals surface area (Å²) in [5.41, 5.74) is 1.02. The van der Waals surface area contributed by atoms with Gasteiger partial charge in [-0.3, -0.25) is 4.79 Å². The van der Waals surface area contributed by atoms with Crippen molar-refractivity contribution in [1.29, 1.82) is 0 Å². The summed E-state index contributed by atoms with van der Waals surface area (Å²) in [6, 6.07) is 0. The zero-order valence-electron chi connectivity index (χ0n) is 15.7. The van der Waals surface area contributed by atoms with E-state index in [2.05, 4.69) is 26.4 Å². The van der Waals surface area contributed by atoms with Gasteiger partial charge in [-0.25, -0.2) is 9.97 Å². The summed E-state index contributed by atoms with van der Waals surface area (Å²) in [7, 11) is 0. The highest BCUT2D eigenvalue weighted by molar-refractivity contribution is 7.98. The molecule has 1 aliphatic heterocycles. The van der Waals surface area contributed by atoms with Crippen molar-refractivity contribution in [3.05, 3.63) is 16.8 Å². The van der Waals surface area contributed by atoms with E-state index >= 15 is 0 Å². The van der Waals surface area contributed by atoms with Crippen LogP contribution in [0.2, 0.25) is 0 Å². The van der Waals surface area contributed by atoms with Crippen LogP contribution in [-0.4, -0.2) is 47.5 Å². The Morgan fingerprint density at radius 1 is 1.23 bits per heavy atom. The number of nitrogens with one attached hydrogen (secondary N) is 1. The molecule has 0 aliphatic carbocycles. The fourth-order valence-electron chi connectivity index (χ4n) is 3.47. The Hall–Kier alpha value is -1.34. The zero-order valence-corrected chi connectivity index (χ0v) is 17.3. The molecule has 0 saturated carbocycles. The Morgan fingerprint density at radius 2 is 1.96 bits per heavy atom. The number of nitrogens with zero attached hydrogens (tertiary/aromatic N) is 3. The number of amides is 1. The first-order valence-corrected chi connectivity index (χ1v) is 11.7. The van der Waals surface area contributed by atoms with Crippen molar-refractivity contribution in [1.82, 2.24) is 15.3 Å². The monoisotopic (exact) mass is 392 g/mol. The van der Waals surface area contributed by atoms with Gasteiger partial charge in [0.2, 0.25) is 0 Å². The maximum absolute atomic E-state index is 12.6. The second kappa shape index (κ2) is 9.55. The topological polar surface area (TPSA) is 58.1 Å². The average molecular weight is 393 g/mol. The lowest BCUT2D eigenvalue weighted by Crippen LogP contribution is -2.28. The fourth-order valence-corrected chi connectivity index (χ4v) is 4.96. The van der Waals surface area contributed by atoms with Gasteiger partial charge in [-0.05, 0) is 43.8 Å². The summed E-state index contributed by atoms with van der Waals surface area (Å²) in [6.07, 6.45) is 11.1. The second-order valence-electron chi connectivity index (χ2n) is 6.79. The van der Waals surface area contributed by atoms with Crippen molar-refractivity contribution in [2.45, 2.75) is 45.4 Å². The van der Waals surface area contributed by atoms with E-state index in [1.165, 1.54) is 43.4 Å². The van der Waals surface area contributed by atoms with Crippen LogP contribution in [0.5, 0.6) is 0 Å². The van der Waals surface area contributed by atoms with E-state index in [9.17, 15) is 4.79 Å². The lowest BCUT2D eigenvalue weighted by molar-refractivity contribution is 0.0957. The molecule has 1 aliphatic rings. The number of aryl methyl sites for hydroxylation is 1. The number of thioether (sulfide) groups is 1. The van der Waals surface area contributed by atoms with Gasteiger partial charge in [0, 0.05) is 19.6 Å². The molecular weight excluding hydrogens is 364 g/mol. The number of thiophene rings is 1. The Kier molecular flexibility index (Phi) is 7.14. The van der Waals surface area contributed by atoms with Crippen LogP contribution in [0.25, 0.3) is 10.2 Å². The minimum absolute atomic E-state index is 0.0187. The number of rotatable bonds is 6. The second-order valence-corrected chi connectivity index (χ2v) is 8.78. The van der Waals surface area contributed by atoms with Gasteiger partial charge in [0.05, 0.1) is 10.3 Å². The van der Waals surface area contributed by atoms with Gasteiger partial charge in [0.15, 0.2) is 0 Å². The number of hydrogen-bond acceptors (Lipinski definition) is 6. The Balaban J connectivity index is 1.84. The normalized spacial score (nSPS) is 15.7. The van der Waals surface area contributed by atoms with Crippen LogP contribution in [0.3, 0.4) is 0 Å². The first-order chi connectivity index (χ1) is 12.7. The van der Waals surface area contributed by atoms with E-state index in [1.54, 1.807) is 18.1 Å². The van der Waals surface area contributed by atoms with E-state index in [1.807, 2.05) is 6.92 Å². The molecule has 0 unspecified atom stereocenters. The Bertz CT molecular complexity index is 738. The number of aromatic nitrogens is 2. The average Bonchev–Trinajstić information content (AvgIpc) is 2.96. The van der Waals surface area contributed by atoms with Gasteiger partial charge in [-0.1, -0.05) is 19.3 Å². The highest BCUT2D eigenvalue weighted by Gasteiger charge is 2.22. The van der Waals surface area contributed by atoms with Crippen LogP contribution < -0.4 is 10.2 Å². The molecule has 0 spiro atoms. The molecule has 1 saturated heterocycles. The molecule has 26 heavy (non-hydrogen) atoms. The molecular formula is C19H28N4OS2. The molecule has 5 nitrogen and oxygen atoms in total. The highest BCUT2D eigenvalue weighted by atomic mass is 32.2. The van der Waals surface area contributed by atoms with Crippen LogP contribution in [-0.2, 0) is 0 Å². The lowest BCUT2D eigenvalue weighted by atomic mass is 10.1. The minimum atomic E-state index is 0.0187. The van der Waals surface area contributed by atoms with Crippen molar-refractivity contribution in [2.75, 3.05) is 36.5 Å². The van der Waals surface area contributed by atoms with Crippen molar-refractivity contribution in [3.8, 4) is 0 Å². The molecule has 1 fully saturated rings. The molecule has 2 aromatic rings. The summed E-state index contributed by atoms with van der Waals surface area (Å²) in [5.74, 6) is 2.09. The van der Waals surface area contributed by atoms with Gasteiger partial charge in [0.1, 0.15) is 17.0 Å². The first-order valence-electron chi connectivity index (χ1n) is 9.48. The van der Waals surface area contributed by atoms with E-state index < -0.39 is 0 Å². The molecule has 7 heteroatoms. The molecule has 2 aromatic heterocycles. The molecule has 1 amide bonds. The summed E-state index contributed by atoms with van der Waals surface area (Å²) in [5, 5.41) is 4.11. The number of carbonyl (C=O) groups excluding carboxylic acids is 1. The van der Waals surface area contributed by atoms with Crippen molar-refractivity contribution >= 4 is 45.0 Å². The van der Waals surface area contributed by atoms with E-state index in [0.29, 0.717) is 0 Å². The molecule has 3 rings (SSSR count). The zero-order chi connectivity index (χ0) is 18.4. The van der Waals surface area contributed by atoms with Crippen LogP contribution in [0, 0.1) is 6.92 Å². The molecule has 0 bridgehead atoms. The third-order valence-corrected chi connectivity index (χ3v) is 6.77. The van der Waals surface area contributed by atoms with Gasteiger partial charge in [-0.2, -0.15) is 11.8 Å². The van der Waals surface area contributed by atoms with E-state index in [-0.39, 0.29) is 5.91 Å². The van der Waals surface area contributed by atoms with E-state index in [0.717, 1.165) is 58.3 Å². The van der Waals surface area contributed by atoms with Gasteiger partial charge in [-0.15, -0.1) is 11.3 Å². The molecule has 142 valence electrons.